The highest BCUT2D eigenvalue weighted by Crippen LogP contribution is 2.02. The number of halogens is 1. The number of hydrogen-bond acceptors (Lipinski definition) is 4. The molecule has 0 saturated carbocycles. The average molecular weight is 446 g/mol. The van der Waals surface area contributed by atoms with Crippen LogP contribution < -0.4 is 11.2 Å². The number of aromatic amines is 1. The zero-order valence-corrected chi connectivity index (χ0v) is 15.3. The number of nitrogens with zero attached hydrogens (tertiary/aromatic N) is 1. The Hall–Kier alpha value is -1.94. The molecule has 1 aromatic carbocycles. The lowest BCUT2D eigenvalue weighted by molar-refractivity contribution is 0.0697. The van der Waals surface area contributed by atoms with E-state index in [-0.39, 0.29) is 17.4 Å². The predicted octanol–water partition coefficient (Wildman–Crippen LogP) is 1.76. The summed E-state index contributed by atoms with van der Waals surface area (Å²) >= 11 is 2.24. The lowest BCUT2D eigenvalue weighted by Crippen LogP contribution is -2.30. The van der Waals surface area contributed by atoms with Gasteiger partial charge in [0.05, 0.1) is 11.7 Å². The summed E-state index contributed by atoms with van der Waals surface area (Å²) in [5, 5.41) is 8.38. The smallest absolute Gasteiger partial charge is 0.335 e. The zero-order valence-electron chi connectivity index (χ0n) is 13.1. The van der Waals surface area contributed by atoms with Gasteiger partial charge in [-0.2, -0.15) is 0 Å². The van der Waals surface area contributed by atoms with E-state index in [0.29, 0.717) is 12.1 Å². The van der Waals surface area contributed by atoms with Crippen molar-refractivity contribution in [1.82, 2.24) is 9.55 Å². The summed E-state index contributed by atoms with van der Waals surface area (Å²) < 4.78 is 7.54. The number of aromatic carboxylic acids is 1. The van der Waals surface area contributed by atoms with Crippen LogP contribution in [0.15, 0.2) is 52.2 Å². The largest absolute Gasteiger partial charge is 0.478 e. The summed E-state index contributed by atoms with van der Waals surface area (Å²) in [5.41, 5.74) is -0.406. The van der Waals surface area contributed by atoms with Gasteiger partial charge in [-0.15, -0.1) is 0 Å². The van der Waals surface area contributed by atoms with Gasteiger partial charge in [-0.05, 0) is 18.6 Å². The first kappa shape index (κ1) is 20.1. The Morgan fingerprint density at radius 3 is 2.42 bits per heavy atom. The van der Waals surface area contributed by atoms with E-state index < -0.39 is 5.97 Å². The summed E-state index contributed by atoms with van der Waals surface area (Å²) in [6.45, 7) is 0.553. The van der Waals surface area contributed by atoms with Crippen molar-refractivity contribution in [3.05, 3.63) is 69.0 Å². The number of carboxylic acid groups (broad SMARTS) is 1. The Morgan fingerprint density at radius 2 is 1.96 bits per heavy atom. The van der Waals surface area contributed by atoms with Gasteiger partial charge >= 0.3 is 11.7 Å². The summed E-state index contributed by atoms with van der Waals surface area (Å²) in [5.74, 6) is -0.879. The first-order valence-corrected chi connectivity index (χ1v) is 8.67. The fourth-order valence-electron chi connectivity index (χ4n) is 1.74. The Bertz CT molecular complexity index is 738. The first-order valence-electron chi connectivity index (χ1n) is 7.14. The van der Waals surface area contributed by atoms with Gasteiger partial charge in [0.1, 0.15) is 0 Å². The molecule has 0 aliphatic carbocycles. The van der Waals surface area contributed by atoms with Gasteiger partial charge in [-0.3, -0.25) is 9.78 Å². The maximum Gasteiger partial charge on any atom is 0.335 e. The number of hydrogen-bond donors (Lipinski definition) is 2. The molecular formula is C16H19IN2O5. The molecule has 0 aliphatic heterocycles. The number of rotatable bonds is 6. The van der Waals surface area contributed by atoms with Crippen LogP contribution in [0.4, 0.5) is 0 Å². The first-order chi connectivity index (χ1) is 11.5. The van der Waals surface area contributed by atoms with E-state index in [9.17, 15) is 14.4 Å². The second kappa shape index (κ2) is 10.8. The molecule has 0 amide bonds. The molecule has 130 valence electrons. The van der Waals surface area contributed by atoms with Crippen molar-refractivity contribution >= 4 is 28.6 Å². The minimum Gasteiger partial charge on any atom is -0.478 e. The topological polar surface area (TPSA) is 101 Å². The average Bonchev–Trinajstić information content (AvgIpc) is 2.58. The highest BCUT2D eigenvalue weighted by atomic mass is 127. The van der Waals surface area contributed by atoms with E-state index in [1.165, 1.54) is 16.8 Å². The number of ether oxygens (including phenoxy) is 1. The maximum atomic E-state index is 11.3. The number of alkyl halides is 1. The van der Waals surface area contributed by atoms with Crippen molar-refractivity contribution in [3.8, 4) is 0 Å². The molecule has 1 atom stereocenters. The fraction of sp³-hybridized carbons (Fsp3) is 0.312. The molecule has 0 bridgehead atoms. The lowest BCUT2D eigenvalue weighted by Gasteiger charge is -2.12. The molecule has 0 aliphatic rings. The molecule has 7 nitrogen and oxygen atoms in total. The van der Waals surface area contributed by atoms with Crippen molar-refractivity contribution < 1.29 is 14.6 Å². The van der Waals surface area contributed by atoms with Crippen LogP contribution in [-0.4, -0.2) is 38.3 Å². The SMILES string of the molecule is COC(CI)CCn1ccc(=O)[nH]c1=O.O=C(O)c1ccccc1. The summed E-state index contributed by atoms with van der Waals surface area (Å²) in [7, 11) is 1.65. The molecule has 0 spiro atoms. The summed E-state index contributed by atoms with van der Waals surface area (Å²) in [4.78, 5) is 34.5. The molecule has 1 aromatic heterocycles. The second-order valence-corrected chi connectivity index (χ2v) is 5.66. The zero-order chi connectivity index (χ0) is 17.9. The third-order valence-electron chi connectivity index (χ3n) is 3.12. The third kappa shape index (κ3) is 7.09. The molecule has 0 radical (unpaired) electrons. The number of H-pyrrole nitrogens is 1. The number of benzene rings is 1. The summed E-state index contributed by atoms with van der Waals surface area (Å²) in [6, 6.07) is 9.64. The standard InChI is InChI=1S/C9H13IN2O3.C7H6O2/c1-15-7(6-10)2-4-12-5-3-8(13)11-9(12)14;8-7(9)6-4-2-1-3-5-6/h3,5,7H,2,4,6H2,1H3,(H,11,13,14);1-5H,(H,8,9). The molecule has 1 unspecified atom stereocenters. The monoisotopic (exact) mass is 446 g/mol. The van der Waals surface area contributed by atoms with E-state index in [0.717, 1.165) is 10.8 Å². The van der Waals surface area contributed by atoms with Crippen molar-refractivity contribution in [3.63, 3.8) is 0 Å². The van der Waals surface area contributed by atoms with Gasteiger partial charge in [-0.25, -0.2) is 9.59 Å². The van der Waals surface area contributed by atoms with E-state index >= 15 is 0 Å². The number of methoxy groups -OCH3 is 1. The van der Waals surface area contributed by atoms with Crippen molar-refractivity contribution in [2.45, 2.75) is 19.1 Å². The minimum absolute atomic E-state index is 0.143. The lowest BCUT2D eigenvalue weighted by atomic mass is 10.2. The van der Waals surface area contributed by atoms with Crippen LogP contribution in [0, 0.1) is 0 Å². The van der Waals surface area contributed by atoms with Crippen LogP contribution in [-0.2, 0) is 11.3 Å². The van der Waals surface area contributed by atoms with Crippen molar-refractivity contribution in [2.75, 3.05) is 11.5 Å². The Morgan fingerprint density at radius 1 is 1.29 bits per heavy atom. The van der Waals surface area contributed by atoms with Gasteiger partial charge in [0.15, 0.2) is 0 Å². The number of carbonyl (C=O) groups is 1. The fourth-order valence-corrected chi connectivity index (χ4v) is 2.54. The van der Waals surface area contributed by atoms with Gasteiger partial charge in [0, 0.05) is 30.3 Å². The second-order valence-electron chi connectivity index (χ2n) is 4.78. The summed E-state index contributed by atoms with van der Waals surface area (Å²) in [6.07, 6.45) is 2.40. The molecule has 24 heavy (non-hydrogen) atoms. The Kier molecular flexibility index (Phi) is 9.02. The van der Waals surface area contributed by atoms with Crippen LogP contribution in [0.1, 0.15) is 16.8 Å². The van der Waals surface area contributed by atoms with E-state index in [1.807, 2.05) is 0 Å². The van der Waals surface area contributed by atoms with Gasteiger partial charge in [-0.1, -0.05) is 40.8 Å². The Balaban J connectivity index is 0.000000272. The maximum absolute atomic E-state index is 11.3. The van der Waals surface area contributed by atoms with Crippen LogP contribution in [0.5, 0.6) is 0 Å². The molecule has 2 N–H and O–H groups in total. The van der Waals surface area contributed by atoms with E-state index in [2.05, 4.69) is 27.6 Å². The minimum atomic E-state index is -0.879. The molecule has 8 heteroatoms. The number of aromatic nitrogens is 2. The van der Waals surface area contributed by atoms with Gasteiger partial charge in [0.25, 0.3) is 5.56 Å². The van der Waals surface area contributed by atoms with Crippen LogP contribution >= 0.6 is 22.6 Å². The number of aryl methyl sites for hydroxylation is 1. The molecule has 2 rings (SSSR count). The van der Waals surface area contributed by atoms with Crippen LogP contribution in [0.3, 0.4) is 0 Å². The van der Waals surface area contributed by atoms with Crippen LogP contribution in [0.25, 0.3) is 0 Å². The van der Waals surface area contributed by atoms with Crippen LogP contribution in [0.2, 0.25) is 0 Å². The third-order valence-corrected chi connectivity index (χ3v) is 4.10. The molecule has 2 aromatic rings. The Labute approximate surface area is 152 Å². The quantitative estimate of drug-likeness (QED) is 0.521. The van der Waals surface area contributed by atoms with Gasteiger partial charge in [0.2, 0.25) is 0 Å². The normalized spacial score (nSPS) is 11.2. The van der Waals surface area contributed by atoms with Crippen molar-refractivity contribution in [2.24, 2.45) is 0 Å². The predicted molar refractivity (Wildman–Crippen MR) is 99.0 cm³/mol. The highest BCUT2D eigenvalue weighted by molar-refractivity contribution is 14.1. The van der Waals surface area contributed by atoms with E-state index in [1.54, 1.807) is 37.4 Å². The number of carboxylic acids is 1. The highest BCUT2D eigenvalue weighted by Gasteiger charge is 2.05. The van der Waals surface area contributed by atoms with E-state index in [4.69, 9.17) is 9.84 Å². The van der Waals surface area contributed by atoms with Gasteiger partial charge < -0.3 is 14.4 Å². The number of nitrogens with one attached hydrogen (secondary N) is 1. The van der Waals surface area contributed by atoms with Crippen molar-refractivity contribution in [1.29, 1.82) is 0 Å². The molecule has 0 saturated heterocycles. The molecule has 1 heterocycles. The molecule has 0 fully saturated rings. The molecular weight excluding hydrogens is 427 g/mol.